The first-order valence-electron chi connectivity index (χ1n) is 4.82. The van der Waals surface area contributed by atoms with Gasteiger partial charge in [-0.05, 0) is 6.07 Å². The highest BCUT2D eigenvalue weighted by Gasteiger charge is 2.35. The first-order valence-corrected chi connectivity index (χ1v) is 5.64. The fourth-order valence-electron chi connectivity index (χ4n) is 1.12. The highest BCUT2D eigenvalue weighted by Crippen LogP contribution is 2.33. The average Bonchev–Trinajstić information content (AvgIpc) is 2.95. The van der Waals surface area contributed by atoms with Gasteiger partial charge in [-0.15, -0.1) is 10.2 Å². The van der Waals surface area contributed by atoms with Crippen molar-refractivity contribution in [2.24, 2.45) is 0 Å². The van der Waals surface area contributed by atoms with Crippen molar-refractivity contribution in [3.63, 3.8) is 0 Å². The molecule has 6 nitrogen and oxygen atoms in total. The molecule has 108 valence electrons. The van der Waals surface area contributed by atoms with Gasteiger partial charge in [0, 0.05) is 6.20 Å². The third kappa shape index (κ3) is 3.07. The SMILES string of the molecule is O=C(Nc1nnc(C(F)(F)F)s1)c1ccn(C(F)F)n1. The molecule has 1 N–H and O–H groups in total. The van der Waals surface area contributed by atoms with E-state index < -0.39 is 28.8 Å². The number of halogens is 5. The first kappa shape index (κ1) is 14.3. The highest BCUT2D eigenvalue weighted by atomic mass is 32.1. The molecule has 0 aromatic carbocycles. The van der Waals surface area contributed by atoms with Gasteiger partial charge >= 0.3 is 12.7 Å². The van der Waals surface area contributed by atoms with Gasteiger partial charge in [0.1, 0.15) is 0 Å². The van der Waals surface area contributed by atoms with E-state index in [1.807, 2.05) is 5.32 Å². The second-order valence-electron chi connectivity index (χ2n) is 3.32. The Morgan fingerprint density at radius 1 is 1.35 bits per heavy atom. The van der Waals surface area contributed by atoms with Crippen LogP contribution in [0, 0.1) is 0 Å². The molecular weight excluding hydrogens is 309 g/mol. The summed E-state index contributed by atoms with van der Waals surface area (Å²) in [4.78, 5) is 11.5. The second-order valence-corrected chi connectivity index (χ2v) is 4.30. The van der Waals surface area contributed by atoms with Crippen LogP contribution in [-0.4, -0.2) is 25.9 Å². The molecule has 2 heterocycles. The number of nitrogens with one attached hydrogen (secondary N) is 1. The number of carbonyl (C=O) groups is 1. The largest absolute Gasteiger partial charge is 0.445 e. The van der Waals surface area contributed by atoms with Gasteiger partial charge in [0.25, 0.3) is 5.91 Å². The van der Waals surface area contributed by atoms with Crippen LogP contribution in [-0.2, 0) is 6.18 Å². The van der Waals surface area contributed by atoms with Gasteiger partial charge < -0.3 is 0 Å². The van der Waals surface area contributed by atoms with Gasteiger partial charge in [-0.2, -0.15) is 27.1 Å². The lowest BCUT2D eigenvalue weighted by molar-refractivity contribution is -0.138. The highest BCUT2D eigenvalue weighted by molar-refractivity contribution is 7.15. The van der Waals surface area contributed by atoms with Crippen LogP contribution in [0.2, 0.25) is 0 Å². The van der Waals surface area contributed by atoms with Crippen molar-refractivity contribution in [1.29, 1.82) is 0 Å². The molecule has 0 saturated heterocycles. The lowest BCUT2D eigenvalue weighted by atomic mass is 10.4. The Hall–Kier alpha value is -2.11. The third-order valence-corrected chi connectivity index (χ3v) is 2.81. The van der Waals surface area contributed by atoms with Crippen molar-refractivity contribution in [2.45, 2.75) is 12.7 Å². The normalized spacial score (nSPS) is 11.9. The van der Waals surface area contributed by atoms with E-state index in [1.54, 1.807) is 0 Å². The maximum atomic E-state index is 12.2. The maximum Gasteiger partial charge on any atom is 0.445 e. The van der Waals surface area contributed by atoms with E-state index in [-0.39, 0.29) is 21.7 Å². The summed E-state index contributed by atoms with van der Waals surface area (Å²) in [6, 6.07) is 0.993. The van der Waals surface area contributed by atoms with E-state index in [0.29, 0.717) is 0 Å². The quantitative estimate of drug-likeness (QED) is 0.883. The van der Waals surface area contributed by atoms with Crippen LogP contribution >= 0.6 is 11.3 Å². The van der Waals surface area contributed by atoms with Crippen molar-refractivity contribution in [3.8, 4) is 0 Å². The van der Waals surface area contributed by atoms with E-state index in [9.17, 15) is 26.7 Å². The van der Waals surface area contributed by atoms with Crippen LogP contribution in [0.15, 0.2) is 12.3 Å². The molecule has 0 radical (unpaired) electrons. The van der Waals surface area contributed by atoms with Gasteiger partial charge in [-0.25, -0.2) is 4.68 Å². The smallest absolute Gasteiger partial charge is 0.295 e. The lowest BCUT2D eigenvalue weighted by Gasteiger charge is -1.99. The van der Waals surface area contributed by atoms with Crippen molar-refractivity contribution < 1.29 is 26.7 Å². The molecule has 12 heteroatoms. The Kier molecular flexibility index (Phi) is 3.65. The molecular formula is C8H4F5N5OS. The number of hydrogen-bond donors (Lipinski definition) is 1. The molecule has 0 aliphatic heterocycles. The van der Waals surface area contributed by atoms with E-state index in [4.69, 9.17) is 0 Å². The monoisotopic (exact) mass is 313 g/mol. The number of amides is 1. The van der Waals surface area contributed by atoms with Crippen LogP contribution in [0.4, 0.5) is 27.1 Å². The molecule has 2 rings (SSSR count). The maximum absolute atomic E-state index is 12.2. The zero-order chi connectivity index (χ0) is 14.9. The molecule has 2 aromatic rings. The summed E-state index contributed by atoms with van der Waals surface area (Å²) >= 11 is 0.114. The van der Waals surface area contributed by atoms with Gasteiger partial charge in [0.2, 0.25) is 10.1 Å². The standard InChI is InChI=1S/C8H4F5N5OS/c9-6(10)18-2-1-3(17-18)4(19)14-7-16-15-5(20-7)8(11,12)13/h1-2,6H,(H,14,16,19). The molecule has 0 fully saturated rings. The molecule has 0 unspecified atom stereocenters. The minimum atomic E-state index is -4.67. The summed E-state index contributed by atoms with van der Waals surface area (Å²) in [6.07, 6.45) is -3.81. The summed E-state index contributed by atoms with van der Waals surface area (Å²) in [7, 11) is 0. The summed E-state index contributed by atoms with van der Waals surface area (Å²) in [5, 5.41) is 9.57. The zero-order valence-electron chi connectivity index (χ0n) is 9.23. The van der Waals surface area contributed by atoms with Crippen LogP contribution in [0.3, 0.4) is 0 Å². The van der Waals surface area contributed by atoms with Crippen molar-refractivity contribution in [2.75, 3.05) is 5.32 Å². The van der Waals surface area contributed by atoms with Crippen LogP contribution in [0.25, 0.3) is 0 Å². The predicted octanol–water partition coefficient (Wildman–Crippen LogP) is 2.40. The number of carbonyl (C=O) groups excluding carboxylic acids is 1. The number of rotatable bonds is 3. The Labute approximate surface area is 111 Å². The fraction of sp³-hybridized carbons (Fsp3) is 0.250. The van der Waals surface area contributed by atoms with Gasteiger partial charge in [0.05, 0.1) is 0 Å². The van der Waals surface area contributed by atoms with Crippen LogP contribution in [0.5, 0.6) is 0 Å². The molecule has 0 saturated carbocycles. The average molecular weight is 313 g/mol. The minimum absolute atomic E-state index is 0.114. The molecule has 1 amide bonds. The van der Waals surface area contributed by atoms with E-state index in [0.717, 1.165) is 12.3 Å². The molecule has 0 aliphatic carbocycles. The molecule has 20 heavy (non-hydrogen) atoms. The second kappa shape index (κ2) is 5.11. The van der Waals surface area contributed by atoms with Crippen molar-refractivity contribution in [3.05, 3.63) is 23.0 Å². The number of aromatic nitrogens is 4. The Balaban J connectivity index is 2.09. The molecule has 0 aliphatic rings. The minimum Gasteiger partial charge on any atom is -0.295 e. The summed E-state index contributed by atoms with van der Waals surface area (Å²) < 4.78 is 61.4. The van der Waals surface area contributed by atoms with Crippen LogP contribution < -0.4 is 5.32 Å². The Morgan fingerprint density at radius 2 is 2.05 bits per heavy atom. The van der Waals surface area contributed by atoms with Crippen molar-refractivity contribution >= 4 is 22.4 Å². The number of anilines is 1. The van der Waals surface area contributed by atoms with Gasteiger partial charge in [0.15, 0.2) is 5.69 Å². The lowest BCUT2D eigenvalue weighted by Crippen LogP contribution is -2.13. The van der Waals surface area contributed by atoms with Gasteiger partial charge in [-0.1, -0.05) is 11.3 Å². The topological polar surface area (TPSA) is 72.7 Å². The zero-order valence-corrected chi connectivity index (χ0v) is 10.0. The Bertz CT molecular complexity index is 621. The van der Waals surface area contributed by atoms with E-state index >= 15 is 0 Å². The predicted molar refractivity (Wildman–Crippen MR) is 56.3 cm³/mol. The third-order valence-electron chi connectivity index (χ3n) is 1.93. The molecule has 0 spiro atoms. The number of hydrogen-bond acceptors (Lipinski definition) is 5. The van der Waals surface area contributed by atoms with Crippen molar-refractivity contribution in [1.82, 2.24) is 20.0 Å². The summed E-state index contributed by atoms with van der Waals surface area (Å²) in [5.74, 6) is -0.964. The summed E-state index contributed by atoms with van der Waals surface area (Å²) in [5.41, 5.74) is -0.381. The van der Waals surface area contributed by atoms with Crippen LogP contribution in [0.1, 0.15) is 22.0 Å². The molecule has 0 atom stereocenters. The summed E-state index contributed by atoms with van der Waals surface area (Å²) in [6.45, 7) is -2.92. The van der Waals surface area contributed by atoms with E-state index in [1.165, 1.54) is 0 Å². The fourth-order valence-corrected chi connectivity index (χ4v) is 1.72. The first-order chi connectivity index (χ1) is 9.27. The van der Waals surface area contributed by atoms with Gasteiger partial charge in [-0.3, -0.25) is 10.1 Å². The molecule has 2 aromatic heterocycles. The Morgan fingerprint density at radius 3 is 2.55 bits per heavy atom. The number of nitrogens with zero attached hydrogens (tertiary/aromatic N) is 4. The van der Waals surface area contributed by atoms with E-state index in [2.05, 4.69) is 15.3 Å². The number of alkyl halides is 5. The molecule has 0 bridgehead atoms.